The molecule has 2 amide bonds. The minimum absolute atomic E-state index is 0.132. The molecule has 1 rings (SSSR count). The van der Waals surface area contributed by atoms with Crippen LogP contribution in [0.4, 0.5) is 14.9 Å². The fraction of sp³-hybridized carbons (Fsp3) is 0.273. The maximum Gasteiger partial charge on any atom is 0.328 e. The van der Waals surface area contributed by atoms with Gasteiger partial charge in [0, 0.05) is 7.05 Å². The normalized spacial score (nSPS) is 10.0. The van der Waals surface area contributed by atoms with Gasteiger partial charge in [-0.05, 0) is 24.1 Å². The van der Waals surface area contributed by atoms with Gasteiger partial charge in [-0.2, -0.15) is 0 Å². The predicted molar refractivity (Wildman–Crippen MR) is 69.6 cm³/mol. The summed E-state index contributed by atoms with van der Waals surface area (Å²) in [6.45, 7) is 1.82. The Morgan fingerprint density at radius 3 is 2.72 bits per heavy atom. The van der Waals surface area contributed by atoms with E-state index in [1.54, 1.807) is 0 Å². The summed E-state index contributed by atoms with van der Waals surface area (Å²) in [6, 6.07) is 1.84. The Kier molecular flexibility index (Phi) is 4.49. The second-order valence-corrected chi connectivity index (χ2v) is 4.06. The number of hydrogen-bond acceptors (Lipinski definition) is 2. The number of anilines is 1. The van der Waals surface area contributed by atoms with E-state index >= 15 is 0 Å². The second-order valence-electron chi connectivity index (χ2n) is 3.65. The zero-order valence-electron chi connectivity index (χ0n) is 10.1. The number of nitrogens with one attached hydrogen (secondary N) is 2. The topological polar surface area (TPSA) is 82.2 Å². The van der Waals surface area contributed by atoms with Crippen molar-refractivity contribution in [1.29, 1.82) is 5.41 Å². The van der Waals surface area contributed by atoms with E-state index < -0.39 is 17.8 Å². The van der Waals surface area contributed by atoms with Gasteiger partial charge >= 0.3 is 6.03 Å². The van der Waals surface area contributed by atoms with Gasteiger partial charge in [-0.1, -0.05) is 18.5 Å². The summed E-state index contributed by atoms with van der Waals surface area (Å²) in [5.41, 5.74) is 6.07. The van der Waals surface area contributed by atoms with Crippen molar-refractivity contribution in [3.8, 4) is 0 Å². The number of rotatable bonds is 2. The molecule has 0 aliphatic carbocycles. The highest BCUT2D eigenvalue weighted by atomic mass is 35.5. The van der Waals surface area contributed by atoms with Gasteiger partial charge < -0.3 is 5.73 Å². The standard InChI is InChI=1S/C11H14ClFN4O/c1-3-6-4-7(13)5-8(12)9(6)17(2)11(18)16-10(14)15/h4-5H,3H2,1-2H3,(H4,14,15,16,18). The van der Waals surface area contributed by atoms with Crippen LogP contribution in [0.15, 0.2) is 12.1 Å². The first kappa shape index (κ1) is 14.2. The lowest BCUT2D eigenvalue weighted by molar-refractivity contribution is 0.251. The zero-order valence-corrected chi connectivity index (χ0v) is 10.8. The summed E-state index contributed by atoms with van der Waals surface area (Å²) < 4.78 is 13.2. The van der Waals surface area contributed by atoms with E-state index in [1.807, 2.05) is 6.92 Å². The SMILES string of the molecule is CCc1cc(F)cc(Cl)c1N(C)C(=O)NC(=N)N. The highest BCUT2D eigenvalue weighted by Gasteiger charge is 2.18. The molecular weight excluding hydrogens is 259 g/mol. The predicted octanol–water partition coefficient (Wildman–Crippen LogP) is 2.08. The van der Waals surface area contributed by atoms with E-state index in [9.17, 15) is 9.18 Å². The van der Waals surface area contributed by atoms with Crippen molar-refractivity contribution in [2.75, 3.05) is 11.9 Å². The average molecular weight is 273 g/mol. The molecule has 5 nitrogen and oxygen atoms in total. The van der Waals surface area contributed by atoms with E-state index in [-0.39, 0.29) is 5.02 Å². The van der Waals surface area contributed by atoms with Crippen molar-refractivity contribution in [1.82, 2.24) is 5.32 Å². The maximum atomic E-state index is 13.2. The molecule has 98 valence electrons. The minimum Gasteiger partial charge on any atom is -0.370 e. The fourth-order valence-corrected chi connectivity index (χ4v) is 1.92. The summed E-state index contributed by atoms with van der Waals surface area (Å²) in [5, 5.41) is 9.26. The van der Waals surface area contributed by atoms with E-state index in [4.69, 9.17) is 22.7 Å². The smallest absolute Gasteiger partial charge is 0.328 e. The van der Waals surface area contributed by atoms with Gasteiger partial charge in [0.2, 0.25) is 0 Å². The van der Waals surface area contributed by atoms with E-state index in [2.05, 4.69) is 5.32 Å². The van der Waals surface area contributed by atoms with Gasteiger partial charge in [0.05, 0.1) is 10.7 Å². The van der Waals surface area contributed by atoms with Gasteiger partial charge in [0.25, 0.3) is 0 Å². The number of carbonyl (C=O) groups excluding carboxylic acids is 1. The Morgan fingerprint density at radius 2 is 2.22 bits per heavy atom. The van der Waals surface area contributed by atoms with Crippen molar-refractivity contribution in [2.24, 2.45) is 5.73 Å². The number of carbonyl (C=O) groups is 1. The summed E-state index contributed by atoms with van der Waals surface area (Å²) in [4.78, 5) is 12.9. The van der Waals surface area contributed by atoms with Crippen LogP contribution < -0.4 is 16.0 Å². The molecule has 0 saturated carbocycles. The van der Waals surface area contributed by atoms with Crippen molar-refractivity contribution >= 4 is 29.3 Å². The number of nitrogens with zero attached hydrogens (tertiary/aromatic N) is 1. The Labute approximate surface area is 109 Å². The first-order valence-corrected chi connectivity index (χ1v) is 5.61. The van der Waals surface area contributed by atoms with Crippen LogP contribution in [0.1, 0.15) is 12.5 Å². The molecule has 4 N–H and O–H groups in total. The first-order valence-electron chi connectivity index (χ1n) is 5.23. The molecule has 0 aliphatic heterocycles. The number of hydrogen-bond donors (Lipinski definition) is 3. The monoisotopic (exact) mass is 272 g/mol. The lowest BCUT2D eigenvalue weighted by Crippen LogP contribution is -2.44. The lowest BCUT2D eigenvalue weighted by Gasteiger charge is -2.21. The Morgan fingerprint density at radius 1 is 1.61 bits per heavy atom. The molecule has 18 heavy (non-hydrogen) atoms. The van der Waals surface area contributed by atoms with E-state index in [0.29, 0.717) is 17.7 Å². The number of aryl methyl sites for hydroxylation is 1. The van der Waals surface area contributed by atoms with Crippen LogP contribution in [0.25, 0.3) is 0 Å². The number of amides is 2. The maximum absolute atomic E-state index is 13.2. The third-order valence-electron chi connectivity index (χ3n) is 2.37. The molecule has 0 radical (unpaired) electrons. The number of benzene rings is 1. The van der Waals surface area contributed by atoms with E-state index in [1.165, 1.54) is 18.0 Å². The van der Waals surface area contributed by atoms with Crippen LogP contribution in [-0.2, 0) is 6.42 Å². The van der Waals surface area contributed by atoms with Crippen LogP contribution in [0, 0.1) is 11.2 Å². The fourth-order valence-electron chi connectivity index (χ4n) is 1.57. The molecule has 0 saturated heterocycles. The minimum atomic E-state index is -0.606. The molecule has 0 heterocycles. The highest BCUT2D eigenvalue weighted by molar-refractivity contribution is 6.34. The third kappa shape index (κ3) is 3.10. The largest absolute Gasteiger partial charge is 0.370 e. The summed E-state index contributed by atoms with van der Waals surface area (Å²) >= 11 is 5.94. The Hall–Kier alpha value is -1.82. The number of urea groups is 1. The van der Waals surface area contributed by atoms with Crippen LogP contribution in [0.2, 0.25) is 5.02 Å². The molecule has 0 aliphatic rings. The molecule has 0 aromatic heterocycles. The first-order chi connectivity index (χ1) is 8.36. The number of guanidine groups is 1. The van der Waals surface area contributed by atoms with Crippen molar-refractivity contribution in [3.63, 3.8) is 0 Å². The zero-order chi connectivity index (χ0) is 13.9. The van der Waals surface area contributed by atoms with E-state index in [0.717, 1.165) is 6.07 Å². The average Bonchev–Trinajstić information content (AvgIpc) is 2.26. The third-order valence-corrected chi connectivity index (χ3v) is 2.66. The molecule has 0 unspecified atom stereocenters. The molecule has 0 spiro atoms. The van der Waals surface area contributed by atoms with Gasteiger partial charge in [-0.3, -0.25) is 15.6 Å². The van der Waals surface area contributed by atoms with Crippen LogP contribution >= 0.6 is 11.6 Å². The highest BCUT2D eigenvalue weighted by Crippen LogP contribution is 2.30. The van der Waals surface area contributed by atoms with Gasteiger partial charge in [-0.15, -0.1) is 0 Å². The molecule has 1 aromatic rings. The van der Waals surface area contributed by atoms with Gasteiger partial charge in [0.15, 0.2) is 5.96 Å². The van der Waals surface area contributed by atoms with Crippen LogP contribution in [0.3, 0.4) is 0 Å². The second kappa shape index (κ2) is 5.68. The van der Waals surface area contributed by atoms with Crippen LogP contribution in [0.5, 0.6) is 0 Å². The van der Waals surface area contributed by atoms with Crippen LogP contribution in [-0.4, -0.2) is 19.0 Å². The lowest BCUT2D eigenvalue weighted by atomic mass is 10.1. The van der Waals surface area contributed by atoms with Crippen molar-refractivity contribution in [3.05, 3.63) is 28.5 Å². The quantitative estimate of drug-likeness (QED) is 0.569. The summed E-state index contributed by atoms with van der Waals surface area (Å²) in [7, 11) is 1.47. The number of halogens is 2. The van der Waals surface area contributed by atoms with Gasteiger partial charge in [0.1, 0.15) is 5.82 Å². The molecule has 0 bridgehead atoms. The summed E-state index contributed by atoms with van der Waals surface area (Å²) in [5.74, 6) is -0.927. The van der Waals surface area contributed by atoms with Crippen molar-refractivity contribution in [2.45, 2.75) is 13.3 Å². The molecule has 0 fully saturated rings. The number of nitrogens with two attached hydrogens (primary N) is 1. The molecular formula is C11H14ClFN4O. The Bertz CT molecular complexity index is 492. The molecule has 0 atom stereocenters. The molecule has 1 aromatic carbocycles. The summed E-state index contributed by atoms with van der Waals surface area (Å²) in [6.07, 6.45) is 0.518. The van der Waals surface area contributed by atoms with Crippen molar-refractivity contribution < 1.29 is 9.18 Å². The Balaban J connectivity index is 3.15. The molecule has 7 heteroatoms. The van der Waals surface area contributed by atoms with Gasteiger partial charge in [-0.25, -0.2) is 9.18 Å².